The first-order valence-electron chi connectivity index (χ1n) is 9.83. The molecule has 0 aromatic heterocycles. The van der Waals surface area contributed by atoms with Crippen LogP contribution in [0.5, 0.6) is 11.5 Å². The summed E-state index contributed by atoms with van der Waals surface area (Å²) in [4.78, 5) is 14.3. The molecule has 0 atom stereocenters. The highest BCUT2D eigenvalue weighted by Gasteiger charge is 2.29. The molecule has 30 heavy (non-hydrogen) atoms. The smallest absolute Gasteiger partial charge is 0.276 e. The molecule has 0 unspecified atom stereocenters. The molecular weight excluding hydrogens is 420 g/mol. The van der Waals surface area contributed by atoms with E-state index in [0.717, 1.165) is 29.5 Å². The average Bonchev–Trinajstić information content (AvgIpc) is 2.98. The third kappa shape index (κ3) is 5.12. The predicted octanol–water partition coefficient (Wildman–Crippen LogP) is 5.09. The van der Waals surface area contributed by atoms with Gasteiger partial charge in [-0.3, -0.25) is 9.69 Å². The third-order valence-corrected chi connectivity index (χ3v) is 5.40. The zero-order valence-corrected chi connectivity index (χ0v) is 18.9. The second kappa shape index (κ2) is 9.96. The van der Waals surface area contributed by atoms with Crippen LogP contribution >= 0.6 is 23.8 Å². The van der Waals surface area contributed by atoms with Crippen LogP contribution in [0.25, 0.3) is 6.08 Å². The second-order valence-corrected chi connectivity index (χ2v) is 7.89. The summed E-state index contributed by atoms with van der Waals surface area (Å²) in [6.45, 7) is 4.96. The number of amides is 1. The molecular formula is C23H25ClN2O3S. The molecule has 1 aliphatic rings. The maximum atomic E-state index is 12.7. The zero-order chi connectivity index (χ0) is 21.7. The number of methoxy groups -OCH3 is 1. The lowest BCUT2D eigenvalue weighted by Gasteiger charge is -2.13. The highest BCUT2D eigenvalue weighted by molar-refractivity contribution is 7.80. The molecule has 3 rings (SSSR count). The summed E-state index contributed by atoms with van der Waals surface area (Å²) in [6, 6.07) is 11.3. The lowest BCUT2D eigenvalue weighted by molar-refractivity contribution is -0.122. The molecule has 0 radical (unpaired) electrons. The molecule has 0 spiro atoms. The topological polar surface area (TPSA) is 50.8 Å². The van der Waals surface area contributed by atoms with E-state index in [2.05, 4.69) is 12.2 Å². The van der Waals surface area contributed by atoms with Crippen molar-refractivity contribution in [3.05, 3.63) is 63.8 Å². The van der Waals surface area contributed by atoms with Gasteiger partial charge in [-0.25, -0.2) is 0 Å². The van der Waals surface area contributed by atoms with Crippen LogP contribution in [0.4, 0.5) is 0 Å². The molecule has 1 N–H and O–H groups in total. The molecule has 1 saturated heterocycles. The van der Waals surface area contributed by atoms with Crippen LogP contribution < -0.4 is 14.8 Å². The van der Waals surface area contributed by atoms with E-state index >= 15 is 0 Å². The minimum atomic E-state index is -0.103. The minimum absolute atomic E-state index is 0.103. The number of carbonyl (C=O) groups is 1. The van der Waals surface area contributed by atoms with Gasteiger partial charge in [-0.1, -0.05) is 37.1 Å². The minimum Gasteiger partial charge on any atom is -0.496 e. The Balaban J connectivity index is 1.79. The summed E-state index contributed by atoms with van der Waals surface area (Å²) < 4.78 is 11.4. The van der Waals surface area contributed by atoms with Gasteiger partial charge in [-0.15, -0.1) is 0 Å². The number of rotatable bonds is 8. The number of ether oxygens (including phenoxy) is 2. The number of benzene rings is 2. The number of unbranched alkanes of at least 4 members (excludes halogenated alkanes) is 1. The molecule has 1 heterocycles. The number of aryl methyl sites for hydroxylation is 1. The van der Waals surface area contributed by atoms with Crippen LogP contribution in [-0.2, 0) is 11.4 Å². The molecule has 2 aromatic carbocycles. The Labute approximate surface area is 187 Å². The van der Waals surface area contributed by atoms with Crippen LogP contribution in [0, 0.1) is 6.92 Å². The van der Waals surface area contributed by atoms with Crippen molar-refractivity contribution >= 4 is 40.9 Å². The molecule has 2 aromatic rings. The lowest BCUT2D eigenvalue weighted by atomic mass is 10.1. The molecule has 0 saturated carbocycles. The number of nitrogens with zero attached hydrogens (tertiary/aromatic N) is 1. The number of thiocarbonyl (C=S) groups is 1. The maximum absolute atomic E-state index is 12.7. The Hall–Kier alpha value is -2.57. The summed E-state index contributed by atoms with van der Waals surface area (Å²) in [5.41, 5.74) is 3.23. The van der Waals surface area contributed by atoms with Crippen molar-refractivity contribution in [2.24, 2.45) is 0 Å². The standard InChI is InChI=1S/C23H25ClN2O3S/c1-4-5-10-26-22(27)19(25-23(26)30)13-16-7-9-20(28-3)17(12-16)14-29-21-8-6-15(2)11-18(21)24/h6-9,11-13H,4-5,10,14H2,1-3H3,(H,25,30)/b19-13+. The van der Waals surface area contributed by atoms with E-state index in [1.807, 2.05) is 43.3 Å². The van der Waals surface area contributed by atoms with Gasteiger partial charge in [0.05, 0.1) is 12.1 Å². The van der Waals surface area contributed by atoms with Crippen LogP contribution in [0.15, 0.2) is 42.1 Å². The highest BCUT2D eigenvalue weighted by atomic mass is 35.5. The normalized spacial score (nSPS) is 14.9. The highest BCUT2D eigenvalue weighted by Crippen LogP contribution is 2.28. The van der Waals surface area contributed by atoms with E-state index in [1.165, 1.54) is 0 Å². The SMILES string of the molecule is CCCCN1C(=O)/C(=C\c2ccc(OC)c(COc3ccc(C)cc3Cl)c2)NC1=S. The fraction of sp³-hybridized carbons (Fsp3) is 0.304. The Kier molecular flexibility index (Phi) is 7.34. The number of hydrogen-bond acceptors (Lipinski definition) is 4. The first-order valence-corrected chi connectivity index (χ1v) is 10.6. The van der Waals surface area contributed by atoms with Crippen LogP contribution in [0.2, 0.25) is 5.02 Å². The number of nitrogens with one attached hydrogen (secondary N) is 1. The van der Waals surface area contributed by atoms with Gasteiger partial charge in [-0.05, 0) is 67.0 Å². The average molecular weight is 445 g/mol. The molecule has 5 nitrogen and oxygen atoms in total. The Morgan fingerprint density at radius 1 is 1.20 bits per heavy atom. The zero-order valence-electron chi connectivity index (χ0n) is 17.3. The fourth-order valence-corrected chi connectivity index (χ4v) is 3.71. The summed E-state index contributed by atoms with van der Waals surface area (Å²) in [6.07, 6.45) is 3.70. The predicted molar refractivity (Wildman–Crippen MR) is 124 cm³/mol. The largest absolute Gasteiger partial charge is 0.496 e. The van der Waals surface area contributed by atoms with Crippen molar-refractivity contribution in [1.82, 2.24) is 10.2 Å². The van der Waals surface area contributed by atoms with Gasteiger partial charge in [0.2, 0.25) is 0 Å². The quantitative estimate of drug-likeness (QED) is 0.453. The van der Waals surface area contributed by atoms with Gasteiger partial charge in [0.25, 0.3) is 5.91 Å². The molecule has 7 heteroatoms. The van der Waals surface area contributed by atoms with E-state index in [4.69, 9.17) is 33.3 Å². The van der Waals surface area contributed by atoms with E-state index in [9.17, 15) is 4.79 Å². The molecule has 1 fully saturated rings. The van der Waals surface area contributed by atoms with Crippen LogP contribution in [-0.4, -0.2) is 29.6 Å². The molecule has 1 aliphatic heterocycles. The summed E-state index contributed by atoms with van der Waals surface area (Å²) in [5, 5.41) is 4.03. The Morgan fingerprint density at radius 3 is 2.67 bits per heavy atom. The molecule has 158 valence electrons. The van der Waals surface area contributed by atoms with Gasteiger partial charge < -0.3 is 14.8 Å². The monoisotopic (exact) mass is 444 g/mol. The second-order valence-electron chi connectivity index (χ2n) is 7.09. The van der Waals surface area contributed by atoms with Crippen LogP contribution in [0.1, 0.15) is 36.5 Å². The van der Waals surface area contributed by atoms with Crippen molar-refractivity contribution in [3.8, 4) is 11.5 Å². The van der Waals surface area contributed by atoms with E-state index in [0.29, 0.717) is 33.9 Å². The van der Waals surface area contributed by atoms with E-state index in [-0.39, 0.29) is 12.5 Å². The van der Waals surface area contributed by atoms with Crippen molar-refractivity contribution in [3.63, 3.8) is 0 Å². The number of halogens is 1. The molecule has 0 bridgehead atoms. The Morgan fingerprint density at radius 2 is 1.97 bits per heavy atom. The first-order chi connectivity index (χ1) is 14.4. The van der Waals surface area contributed by atoms with Gasteiger partial charge in [-0.2, -0.15) is 0 Å². The number of carbonyl (C=O) groups excluding carboxylic acids is 1. The fourth-order valence-electron chi connectivity index (χ4n) is 3.14. The first kappa shape index (κ1) is 22.1. The van der Waals surface area contributed by atoms with Crippen molar-refractivity contribution in [2.75, 3.05) is 13.7 Å². The lowest BCUT2D eigenvalue weighted by Crippen LogP contribution is -2.31. The van der Waals surface area contributed by atoms with Crippen LogP contribution in [0.3, 0.4) is 0 Å². The van der Waals surface area contributed by atoms with E-state index < -0.39 is 0 Å². The van der Waals surface area contributed by atoms with Gasteiger partial charge in [0, 0.05) is 12.1 Å². The van der Waals surface area contributed by atoms with Crippen molar-refractivity contribution in [1.29, 1.82) is 0 Å². The molecule has 1 amide bonds. The summed E-state index contributed by atoms with van der Waals surface area (Å²) >= 11 is 11.6. The van der Waals surface area contributed by atoms with Gasteiger partial charge in [0.1, 0.15) is 23.8 Å². The van der Waals surface area contributed by atoms with E-state index in [1.54, 1.807) is 18.1 Å². The van der Waals surface area contributed by atoms with Gasteiger partial charge in [0.15, 0.2) is 5.11 Å². The summed E-state index contributed by atoms with van der Waals surface area (Å²) in [7, 11) is 1.61. The Bertz CT molecular complexity index is 990. The molecule has 0 aliphatic carbocycles. The van der Waals surface area contributed by atoms with Crippen molar-refractivity contribution < 1.29 is 14.3 Å². The third-order valence-electron chi connectivity index (χ3n) is 4.78. The maximum Gasteiger partial charge on any atom is 0.276 e. The number of hydrogen-bond donors (Lipinski definition) is 1. The summed E-state index contributed by atoms with van der Waals surface area (Å²) in [5.74, 6) is 1.21. The van der Waals surface area contributed by atoms with Crippen molar-refractivity contribution in [2.45, 2.75) is 33.3 Å². The van der Waals surface area contributed by atoms with Gasteiger partial charge >= 0.3 is 0 Å².